The highest BCUT2D eigenvalue weighted by molar-refractivity contribution is 5.89. The van der Waals surface area contributed by atoms with Gasteiger partial charge in [-0.15, -0.1) is 0 Å². The smallest absolute Gasteiger partial charge is 0.337 e. The number of hydrogen-bond acceptors (Lipinski definition) is 2. The van der Waals surface area contributed by atoms with Crippen LogP contribution in [-0.4, -0.2) is 13.1 Å². The normalized spacial score (nSPS) is 8.56. The minimum Gasteiger partial charge on any atom is -0.465 e. The molecule has 0 fully saturated rings. The Morgan fingerprint density at radius 2 is 1.19 bits per heavy atom. The van der Waals surface area contributed by atoms with Crippen LogP contribution in [0.1, 0.15) is 10.4 Å². The molecule has 0 aliphatic rings. The van der Waals surface area contributed by atoms with Crippen LogP contribution in [0.4, 0.5) is 0 Å². The SMILES string of the molecule is COC(=O)c1ccccc1.c1ccccc1. The summed E-state index contributed by atoms with van der Waals surface area (Å²) in [6.45, 7) is 0. The molecule has 0 amide bonds. The molecule has 0 aromatic heterocycles. The second-order valence-electron chi connectivity index (χ2n) is 3.01. The van der Waals surface area contributed by atoms with Gasteiger partial charge in [0, 0.05) is 0 Å². The minimum atomic E-state index is -0.291. The van der Waals surface area contributed by atoms with E-state index in [0.717, 1.165) is 0 Å². The van der Waals surface area contributed by atoms with Crippen LogP contribution >= 0.6 is 0 Å². The lowest BCUT2D eigenvalue weighted by Gasteiger charge is -1.95. The average molecular weight is 214 g/mol. The Morgan fingerprint density at radius 3 is 1.56 bits per heavy atom. The molecule has 82 valence electrons. The Morgan fingerprint density at radius 1 is 0.812 bits per heavy atom. The molecular weight excluding hydrogens is 200 g/mol. The maximum atomic E-state index is 10.8. The monoisotopic (exact) mass is 214 g/mol. The fraction of sp³-hybridized carbons (Fsp3) is 0.0714. The third kappa shape index (κ3) is 4.42. The van der Waals surface area contributed by atoms with Gasteiger partial charge in [0.05, 0.1) is 12.7 Å². The largest absolute Gasteiger partial charge is 0.465 e. The van der Waals surface area contributed by atoms with Crippen molar-refractivity contribution in [2.75, 3.05) is 7.11 Å². The first kappa shape index (κ1) is 12.0. The Labute approximate surface area is 95.5 Å². The van der Waals surface area contributed by atoms with Crippen molar-refractivity contribution in [3.05, 3.63) is 72.3 Å². The van der Waals surface area contributed by atoms with Crippen LogP contribution in [-0.2, 0) is 4.74 Å². The van der Waals surface area contributed by atoms with Gasteiger partial charge in [-0.05, 0) is 12.1 Å². The van der Waals surface area contributed by atoms with Crippen molar-refractivity contribution in [3.63, 3.8) is 0 Å². The van der Waals surface area contributed by atoms with Gasteiger partial charge in [-0.1, -0.05) is 54.6 Å². The van der Waals surface area contributed by atoms with E-state index in [0.29, 0.717) is 5.56 Å². The van der Waals surface area contributed by atoms with Crippen molar-refractivity contribution in [3.8, 4) is 0 Å². The molecule has 0 saturated carbocycles. The molecule has 0 N–H and O–H groups in total. The zero-order valence-corrected chi connectivity index (χ0v) is 9.17. The summed E-state index contributed by atoms with van der Waals surface area (Å²) in [6, 6.07) is 20.9. The highest BCUT2D eigenvalue weighted by Crippen LogP contribution is 1.98. The summed E-state index contributed by atoms with van der Waals surface area (Å²) >= 11 is 0. The molecular formula is C14H14O2. The molecule has 0 atom stereocenters. The number of carbonyl (C=O) groups excluding carboxylic acids is 1. The van der Waals surface area contributed by atoms with E-state index in [4.69, 9.17) is 0 Å². The Hall–Kier alpha value is -2.09. The van der Waals surface area contributed by atoms with E-state index in [2.05, 4.69) is 4.74 Å². The average Bonchev–Trinajstić information content (AvgIpc) is 2.41. The summed E-state index contributed by atoms with van der Waals surface area (Å²) in [5.41, 5.74) is 0.588. The number of hydrogen-bond donors (Lipinski definition) is 0. The molecule has 0 aliphatic carbocycles. The maximum absolute atomic E-state index is 10.8. The van der Waals surface area contributed by atoms with Gasteiger partial charge < -0.3 is 4.74 Å². The molecule has 2 rings (SSSR count). The second kappa shape index (κ2) is 7.23. The van der Waals surface area contributed by atoms with Crippen molar-refractivity contribution >= 4 is 5.97 Å². The van der Waals surface area contributed by atoms with Crippen molar-refractivity contribution in [2.45, 2.75) is 0 Å². The standard InChI is InChI=1S/C8H8O2.C6H6/c1-10-8(9)7-5-3-2-4-6-7;1-2-4-6-5-3-1/h2-6H,1H3;1-6H. The predicted molar refractivity (Wildman–Crippen MR) is 64.2 cm³/mol. The van der Waals surface area contributed by atoms with Gasteiger partial charge >= 0.3 is 5.97 Å². The lowest BCUT2D eigenvalue weighted by molar-refractivity contribution is 0.0601. The highest BCUT2D eigenvalue weighted by Gasteiger charge is 2.00. The zero-order valence-electron chi connectivity index (χ0n) is 9.17. The summed E-state index contributed by atoms with van der Waals surface area (Å²) in [6.07, 6.45) is 0. The molecule has 0 spiro atoms. The summed E-state index contributed by atoms with van der Waals surface area (Å²) in [5, 5.41) is 0. The number of rotatable bonds is 1. The van der Waals surface area contributed by atoms with Crippen LogP contribution < -0.4 is 0 Å². The fourth-order valence-corrected chi connectivity index (χ4v) is 1.08. The molecule has 0 radical (unpaired) electrons. The first-order valence-corrected chi connectivity index (χ1v) is 4.98. The van der Waals surface area contributed by atoms with Crippen LogP contribution in [0.5, 0.6) is 0 Å². The van der Waals surface area contributed by atoms with Crippen molar-refractivity contribution < 1.29 is 9.53 Å². The molecule has 0 aliphatic heterocycles. The van der Waals surface area contributed by atoms with E-state index < -0.39 is 0 Å². The van der Waals surface area contributed by atoms with E-state index in [1.807, 2.05) is 42.5 Å². The van der Waals surface area contributed by atoms with E-state index in [9.17, 15) is 4.79 Å². The topological polar surface area (TPSA) is 26.3 Å². The van der Waals surface area contributed by atoms with E-state index in [1.54, 1.807) is 24.3 Å². The van der Waals surface area contributed by atoms with Gasteiger partial charge in [0.15, 0.2) is 0 Å². The lowest BCUT2D eigenvalue weighted by atomic mass is 10.2. The molecule has 0 unspecified atom stereocenters. The maximum Gasteiger partial charge on any atom is 0.337 e. The van der Waals surface area contributed by atoms with Crippen LogP contribution in [0, 0.1) is 0 Å². The van der Waals surface area contributed by atoms with Gasteiger partial charge in [-0.3, -0.25) is 0 Å². The van der Waals surface area contributed by atoms with Crippen molar-refractivity contribution in [2.24, 2.45) is 0 Å². The van der Waals surface area contributed by atoms with Crippen LogP contribution in [0.3, 0.4) is 0 Å². The number of methoxy groups -OCH3 is 1. The number of ether oxygens (including phenoxy) is 1. The number of benzene rings is 2. The molecule has 0 bridgehead atoms. The van der Waals surface area contributed by atoms with Crippen molar-refractivity contribution in [1.82, 2.24) is 0 Å². The second-order valence-corrected chi connectivity index (χ2v) is 3.01. The molecule has 16 heavy (non-hydrogen) atoms. The first-order valence-electron chi connectivity index (χ1n) is 4.98. The minimum absolute atomic E-state index is 0.291. The van der Waals surface area contributed by atoms with Gasteiger partial charge in [0.25, 0.3) is 0 Å². The highest BCUT2D eigenvalue weighted by atomic mass is 16.5. The van der Waals surface area contributed by atoms with E-state index in [1.165, 1.54) is 7.11 Å². The van der Waals surface area contributed by atoms with Crippen LogP contribution in [0.25, 0.3) is 0 Å². The van der Waals surface area contributed by atoms with Gasteiger partial charge in [-0.25, -0.2) is 4.79 Å². The Kier molecular flexibility index (Phi) is 5.42. The number of esters is 1. The molecule has 2 aromatic carbocycles. The summed E-state index contributed by atoms with van der Waals surface area (Å²) in [7, 11) is 1.37. The van der Waals surface area contributed by atoms with Crippen LogP contribution in [0.2, 0.25) is 0 Å². The molecule has 0 heterocycles. The number of carbonyl (C=O) groups is 1. The predicted octanol–water partition coefficient (Wildman–Crippen LogP) is 3.16. The molecule has 2 heteroatoms. The van der Waals surface area contributed by atoms with Crippen LogP contribution in [0.15, 0.2) is 66.7 Å². The Balaban J connectivity index is 0.000000181. The van der Waals surface area contributed by atoms with Gasteiger partial charge in [0.1, 0.15) is 0 Å². The third-order valence-corrected chi connectivity index (χ3v) is 1.86. The third-order valence-electron chi connectivity index (χ3n) is 1.86. The summed E-state index contributed by atoms with van der Waals surface area (Å²) < 4.78 is 4.50. The summed E-state index contributed by atoms with van der Waals surface area (Å²) in [4.78, 5) is 10.8. The van der Waals surface area contributed by atoms with Crippen molar-refractivity contribution in [1.29, 1.82) is 0 Å². The quantitative estimate of drug-likeness (QED) is 0.681. The lowest BCUT2D eigenvalue weighted by Crippen LogP contribution is -1.99. The van der Waals surface area contributed by atoms with Gasteiger partial charge in [0.2, 0.25) is 0 Å². The summed E-state index contributed by atoms with van der Waals surface area (Å²) in [5.74, 6) is -0.291. The first-order chi connectivity index (χ1) is 7.84. The fourth-order valence-electron chi connectivity index (χ4n) is 1.08. The van der Waals surface area contributed by atoms with Gasteiger partial charge in [-0.2, -0.15) is 0 Å². The molecule has 2 nitrogen and oxygen atoms in total. The van der Waals surface area contributed by atoms with E-state index >= 15 is 0 Å². The molecule has 0 saturated heterocycles. The molecule has 2 aromatic rings. The zero-order chi connectivity index (χ0) is 11.6. The Bertz CT molecular complexity index is 369. The van der Waals surface area contributed by atoms with E-state index in [-0.39, 0.29) is 5.97 Å².